The zero-order valence-electron chi connectivity index (χ0n) is 9.03. The number of H-pyrrole nitrogens is 1. The second kappa shape index (κ2) is 5.07. The van der Waals surface area contributed by atoms with Crippen molar-refractivity contribution in [3.63, 3.8) is 0 Å². The number of nitrogens with zero attached hydrogens (tertiary/aromatic N) is 2. The van der Waals surface area contributed by atoms with Crippen LogP contribution in [0.5, 0.6) is 0 Å². The molecule has 1 fully saturated rings. The number of anilines is 1. The van der Waals surface area contributed by atoms with E-state index in [9.17, 15) is 0 Å². The van der Waals surface area contributed by atoms with Crippen LogP contribution < -0.4 is 4.90 Å². The van der Waals surface area contributed by atoms with Crippen molar-refractivity contribution in [3.05, 3.63) is 3.95 Å². The molecule has 1 aromatic rings. The van der Waals surface area contributed by atoms with E-state index in [1.807, 2.05) is 0 Å². The van der Waals surface area contributed by atoms with Gasteiger partial charge in [-0.3, -0.25) is 5.10 Å². The maximum absolute atomic E-state index is 5.08. The van der Waals surface area contributed by atoms with Gasteiger partial charge in [0.2, 0.25) is 5.13 Å². The monoisotopic (exact) mass is 243 g/mol. The Hall–Kier alpha value is -0.420. The molecule has 0 bridgehead atoms. The van der Waals surface area contributed by atoms with E-state index in [1.165, 1.54) is 32.1 Å². The van der Waals surface area contributed by atoms with E-state index in [4.69, 9.17) is 12.2 Å². The van der Waals surface area contributed by atoms with Crippen molar-refractivity contribution in [1.82, 2.24) is 10.2 Å². The zero-order valence-corrected chi connectivity index (χ0v) is 10.7. The topological polar surface area (TPSA) is 31.9 Å². The lowest BCUT2D eigenvalue weighted by Gasteiger charge is -2.28. The summed E-state index contributed by atoms with van der Waals surface area (Å²) in [4.78, 5) is 2.43. The highest BCUT2D eigenvalue weighted by atomic mass is 32.1. The summed E-state index contributed by atoms with van der Waals surface area (Å²) in [6, 6.07) is 0.654. The van der Waals surface area contributed by atoms with E-state index >= 15 is 0 Å². The number of hydrogen-bond donors (Lipinski definition) is 1. The molecule has 0 aliphatic carbocycles. The molecule has 3 nitrogen and oxygen atoms in total. The van der Waals surface area contributed by atoms with Crippen LogP contribution in [-0.2, 0) is 0 Å². The summed E-state index contributed by atoms with van der Waals surface area (Å²) in [7, 11) is 0. The fourth-order valence-electron chi connectivity index (χ4n) is 2.20. The van der Waals surface area contributed by atoms with E-state index in [2.05, 4.69) is 22.0 Å². The first kappa shape index (κ1) is 11.1. The number of aromatic nitrogens is 2. The van der Waals surface area contributed by atoms with Crippen molar-refractivity contribution in [2.45, 2.75) is 45.1 Å². The second-order valence-electron chi connectivity index (χ2n) is 4.00. The van der Waals surface area contributed by atoms with Crippen LogP contribution in [-0.4, -0.2) is 22.8 Å². The van der Waals surface area contributed by atoms with Gasteiger partial charge in [0.15, 0.2) is 3.95 Å². The Morgan fingerprint density at radius 3 is 3.07 bits per heavy atom. The van der Waals surface area contributed by atoms with E-state index in [0.29, 0.717) is 6.04 Å². The molecule has 1 aliphatic rings. The molecule has 0 spiro atoms. The van der Waals surface area contributed by atoms with Crippen LogP contribution in [0, 0.1) is 3.95 Å². The zero-order chi connectivity index (χ0) is 10.7. The molecule has 0 amide bonds. The van der Waals surface area contributed by atoms with Crippen molar-refractivity contribution in [3.8, 4) is 0 Å². The predicted molar refractivity (Wildman–Crippen MR) is 67.2 cm³/mol. The van der Waals surface area contributed by atoms with Crippen LogP contribution in [0.2, 0.25) is 0 Å². The Morgan fingerprint density at radius 1 is 1.53 bits per heavy atom. The molecular weight excluding hydrogens is 226 g/mol. The largest absolute Gasteiger partial charge is 0.344 e. The first-order valence-corrected chi connectivity index (χ1v) is 6.86. The van der Waals surface area contributed by atoms with Gasteiger partial charge in [-0.05, 0) is 31.5 Å². The van der Waals surface area contributed by atoms with Gasteiger partial charge in [-0.1, -0.05) is 31.1 Å². The molecule has 1 unspecified atom stereocenters. The van der Waals surface area contributed by atoms with Crippen LogP contribution in [0.25, 0.3) is 0 Å². The summed E-state index contributed by atoms with van der Waals surface area (Å²) in [6.07, 6.45) is 6.48. The summed E-state index contributed by atoms with van der Waals surface area (Å²) in [6.45, 7) is 3.39. The number of nitrogens with one attached hydrogen (secondary N) is 1. The minimum atomic E-state index is 0.654. The summed E-state index contributed by atoms with van der Waals surface area (Å²) in [5, 5.41) is 8.24. The van der Waals surface area contributed by atoms with Gasteiger partial charge in [-0.2, -0.15) is 0 Å². The molecule has 0 saturated carbocycles. The summed E-state index contributed by atoms with van der Waals surface area (Å²) in [5.41, 5.74) is 0. The van der Waals surface area contributed by atoms with Gasteiger partial charge < -0.3 is 4.90 Å². The van der Waals surface area contributed by atoms with Crippen molar-refractivity contribution in [1.29, 1.82) is 0 Å². The maximum Gasteiger partial charge on any atom is 0.207 e. The highest BCUT2D eigenvalue weighted by Crippen LogP contribution is 2.27. The molecule has 5 heteroatoms. The maximum atomic E-state index is 5.08. The van der Waals surface area contributed by atoms with E-state index in [1.54, 1.807) is 11.3 Å². The fraction of sp³-hybridized carbons (Fsp3) is 0.800. The summed E-state index contributed by atoms with van der Waals surface area (Å²) < 4.78 is 0.782. The minimum Gasteiger partial charge on any atom is -0.344 e. The SMILES string of the molecule is CCC1CCCCCN1c1n[nH]c(=S)s1. The Balaban J connectivity index is 2.19. The lowest BCUT2D eigenvalue weighted by Crippen LogP contribution is -2.34. The molecule has 15 heavy (non-hydrogen) atoms. The van der Waals surface area contributed by atoms with E-state index in [0.717, 1.165) is 15.6 Å². The third-order valence-electron chi connectivity index (χ3n) is 3.02. The van der Waals surface area contributed by atoms with Crippen molar-refractivity contribution in [2.24, 2.45) is 0 Å². The van der Waals surface area contributed by atoms with E-state index in [-0.39, 0.29) is 0 Å². The molecule has 84 valence electrons. The molecule has 1 aliphatic heterocycles. The standard InChI is InChI=1S/C10H17N3S2/c1-2-8-6-4-3-5-7-13(8)9-11-12-10(14)15-9/h8H,2-7H2,1H3,(H,12,14). The molecule has 1 saturated heterocycles. The quantitative estimate of drug-likeness (QED) is 0.808. The van der Waals surface area contributed by atoms with Gasteiger partial charge in [-0.15, -0.1) is 5.10 Å². The molecule has 1 N–H and O–H groups in total. The van der Waals surface area contributed by atoms with Crippen LogP contribution in [0.15, 0.2) is 0 Å². The molecule has 1 aromatic heterocycles. The number of rotatable bonds is 2. The molecule has 0 aromatic carbocycles. The normalized spacial score (nSPS) is 22.7. The van der Waals surface area contributed by atoms with Crippen LogP contribution in [0.1, 0.15) is 39.0 Å². The second-order valence-corrected chi connectivity index (χ2v) is 5.64. The van der Waals surface area contributed by atoms with Crippen LogP contribution in [0.3, 0.4) is 0 Å². The van der Waals surface area contributed by atoms with Gasteiger partial charge in [-0.25, -0.2) is 0 Å². The van der Waals surface area contributed by atoms with Gasteiger partial charge in [0, 0.05) is 12.6 Å². The van der Waals surface area contributed by atoms with Gasteiger partial charge in [0.05, 0.1) is 0 Å². The van der Waals surface area contributed by atoms with Gasteiger partial charge >= 0.3 is 0 Å². The first-order valence-electron chi connectivity index (χ1n) is 5.63. The molecular formula is C10H17N3S2. The van der Waals surface area contributed by atoms with Crippen molar-refractivity contribution >= 4 is 28.7 Å². The van der Waals surface area contributed by atoms with Crippen LogP contribution >= 0.6 is 23.6 Å². The molecule has 2 rings (SSSR count). The summed E-state index contributed by atoms with van der Waals surface area (Å²) in [5.74, 6) is 0. The van der Waals surface area contributed by atoms with Gasteiger partial charge in [0.25, 0.3) is 0 Å². The number of aromatic amines is 1. The Kier molecular flexibility index (Phi) is 3.75. The lowest BCUT2D eigenvalue weighted by atomic mass is 10.1. The number of hydrogen-bond acceptors (Lipinski definition) is 4. The predicted octanol–water partition coefficient (Wildman–Crippen LogP) is 3.36. The van der Waals surface area contributed by atoms with Crippen molar-refractivity contribution < 1.29 is 0 Å². The molecule has 2 heterocycles. The summed E-state index contributed by atoms with van der Waals surface area (Å²) >= 11 is 6.68. The lowest BCUT2D eigenvalue weighted by molar-refractivity contribution is 0.554. The van der Waals surface area contributed by atoms with Crippen LogP contribution in [0.4, 0.5) is 5.13 Å². The minimum absolute atomic E-state index is 0.654. The average Bonchev–Trinajstić information content (AvgIpc) is 2.54. The van der Waals surface area contributed by atoms with E-state index < -0.39 is 0 Å². The third kappa shape index (κ3) is 2.58. The molecule has 1 atom stereocenters. The highest BCUT2D eigenvalue weighted by molar-refractivity contribution is 7.73. The van der Waals surface area contributed by atoms with Crippen molar-refractivity contribution in [2.75, 3.05) is 11.4 Å². The highest BCUT2D eigenvalue weighted by Gasteiger charge is 2.21. The van der Waals surface area contributed by atoms with Gasteiger partial charge in [0.1, 0.15) is 0 Å². The Morgan fingerprint density at radius 2 is 2.40 bits per heavy atom. The third-order valence-corrected chi connectivity index (χ3v) is 4.15. The Bertz CT molecular complexity index is 358. The first-order chi connectivity index (χ1) is 7.31. The average molecular weight is 243 g/mol. The Labute approximate surface area is 99.5 Å². The fourth-order valence-corrected chi connectivity index (χ4v) is 3.17. The molecule has 0 radical (unpaired) electrons. The smallest absolute Gasteiger partial charge is 0.207 e.